The molecule has 3 aromatic rings. The molecule has 0 aliphatic carbocycles. The second-order valence-corrected chi connectivity index (χ2v) is 6.54. The summed E-state index contributed by atoms with van der Waals surface area (Å²) in [5.74, 6) is -0.830. The maximum Gasteiger partial charge on any atom is 0.306 e. The maximum absolute atomic E-state index is 13.4. The number of benzene rings is 3. The number of hydrogen-bond acceptors (Lipinski definition) is 5. The number of carbonyl (C=O) groups excluding carboxylic acids is 1. The van der Waals surface area contributed by atoms with Gasteiger partial charge in [0.1, 0.15) is 12.4 Å². The lowest BCUT2D eigenvalue weighted by Crippen LogP contribution is -2.34. The largest absolute Gasteiger partial charge is 0.489 e. The molecular formula is C21H16FN3O4S. The van der Waals surface area contributed by atoms with Gasteiger partial charge in [0.05, 0.1) is 4.92 Å². The van der Waals surface area contributed by atoms with Crippen molar-refractivity contribution in [2.24, 2.45) is 0 Å². The molecule has 0 unspecified atom stereocenters. The quantitative estimate of drug-likeness (QED) is 0.345. The Morgan fingerprint density at radius 1 is 1.07 bits per heavy atom. The molecule has 0 aliphatic heterocycles. The summed E-state index contributed by atoms with van der Waals surface area (Å²) in [7, 11) is 0. The number of anilines is 1. The van der Waals surface area contributed by atoms with E-state index in [-0.39, 0.29) is 10.8 Å². The second-order valence-electron chi connectivity index (χ2n) is 6.13. The Labute approximate surface area is 176 Å². The number of nitrogens with zero attached hydrogens (tertiary/aromatic N) is 1. The molecule has 0 bridgehead atoms. The second kappa shape index (κ2) is 9.57. The van der Waals surface area contributed by atoms with Gasteiger partial charge >= 0.3 is 5.69 Å². The lowest BCUT2D eigenvalue weighted by molar-refractivity contribution is -0.387. The van der Waals surface area contributed by atoms with Crippen molar-refractivity contribution in [2.75, 3.05) is 5.32 Å². The van der Waals surface area contributed by atoms with Gasteiger partial charge in [-0.15, -0.1) is 0 Å². The number of hydrogen-bond donors (Lipinski definition) is 2. The third-order valence-corrected chi connectivity index (χ3v) is 4.20. The molecule has 0 aromatic heterocycles. The van der Waals surface area contributed by atoms with Crippen LogP contribution >= 0.6 is 12.2 Å². The van der Waals surface area contributed by atoms with Crippen molar-refractivity contribution in [1.29, 1.82) is 0 Å². The van der Waals surface area contributed by atoms with E-state index < -0.39 is 22.3 Å². The fourth-order valence-electron chi connectivity index (χ4n) is 2.51. The van der Waals surface area contributed by atoms with Crippen LogP contribution in [0.25, 0.3) is 0 Å². The van der Waals surface area contributed by atoms with Crippen LogP contribution in [0.15, 0.2) is 72.8 Å². The van der Waals surface area contributed by atoms with Gasteiger partial charge in [0.2, 0.25) is 5.82 Å². The first-order chi connectivity index (χ1) is 14.4. The summed E-state index contributed by atoms with van der Waals surface area (Å²) in [6.45, 7) is 0.407. The lowest BCUT2D eigenvalue weighted by Gasteiger charge is -2.10. The van der Waals surface area contributed by atoms with E-state index in [1.165, 1.54) is 6.07 Å². The number of carbonyl (C=O) groups is 1. The molecule has 7 nitrogen and oxygen atoms in total. The van der Waals surface area contributed by atoms with Crippen LogP contribution in [-0.4, -0.2) is 15.9 Å². The highest BCUT2D eigenvalue weighted by atomic mass is 32.1. The number of halogens is 1. The fourth-order valence-corrected chi connectivity index (χ4v) is 2.72. The molecule has 0 spiro atoms. The molecule has 30 heavy (non-hydrogen) atoms. The van der Waals surface area contributed by atoms with Crippen LogP contribution in [-0.2, 0) is 6.61 Å². The highest BCUT2D eigenvalue weighted by Gasteiger charge is 2.15. The van der Waals surface area contributed by atoms with Crippen molar-refractivity contribution < 1.29 is 18.8 Å². The van der Waals surface area contributed by atoms with Gasteiger partial charge in [0.25, 0.3) is 5.91 Å². The zero-order chi connectivity index (χ0) is 21.5. The Morgan fingerprint density at radius 3 is 2.43 bits per heavy atom. The zero-order valence-corrected chi connectivity index (χ0v) is 16.3. The number of nitrogens with one attached hydrogen (secondary N) is 2. The van der Waals surface area contributed by atoms with E-state index in [1.54, 1.807) is 24.3 Å². The van der Waals surface area contributed by atoms with Gasteiger partial charge in [-0.3, -0.25) is 20.2 Å². The Hall–Kier alpha value is -3.85. The molecule has 0 heterocycles. The third kappa shape index (κ3) is 5.58. The van der Waals surface area contributed by atoms with Crippen LogP contribution in [0.5, 0.6) is 5.75 Å². The molecular weight excluding hydrogens is 409 g/mol. The number of amides is 1. The van der Waals surface area contributed by atoms with Crippen LogP contribution in [0.1, 0.15) is 15.9 Å². The number of thiocarbonyl (C=S) groups is 1. The number of nitro benzene ring substituents is 1. The molecule has 3 rings (SSSR count). The molecule has 152 valence electrons. The minimum absolute atomic E-state index is 0.0784. The van der Waals surface area contributed by atoms with Crippen LogP contribution in [0.3, 0.4) is 0 Å². The summed E-state index contributed by atoms with van der Waals surface area (Å²) in [5, 5.41) is 15.8. The minimum Gasteiger partial charge on any atom is -0.489 e. The fraction of sp³-hybridized carbons (Fsp3) is 0.0476. The first kappa shape index (κ1) is 20.9. The van der Waals surface area contributed by atoms with E-state index in [0.29, 0.717) is 17.9 Å². The van der Waals surface area contributed by atoms with Gasteiger partial charge in [-0.1, -0.05) is 30.3 Å². The smallest absolute Gasteiger partial charge is 0.306 e. The first-order valence-corrected chi connectivity index (χ1v) is 9.16. The molecule has 3 aromatic carbocycles. The normalized spacial score (nSPS) is 10.2. The zero-order valence-electron chi connectivity index (χ0n) is 15.5. The van der Waals surface area contributed by atoms with E-state index in [1.807, 2.05) is 30.3 Å². The molecule has 2 N–H and O–H groups in total. The van der Waals surface area contributed by atoms with Gasteiger partial charge in [-0.2, -0.15) is 4.39 Å². The lowest BCUT2D eigenvalue weighted by atomic mass is 10.2. The van der Waals surface area contributed by atoms with Crippen LogP contribution in [0, 0.1) is 15.9 Å². The molecule has 0 saturated carbocycles. The van der Waals surface area contributed by atoms with Gasteiger partial charge in [-0.05, 0) is 54.2 Å². The van der Waals surface area contributed by atoms with E-state index in [4.69, 9.17) is 17.0 Å². The van der Waals surface area contributed by atoms with Gasteiger partial charge in [-0.25, -0.2) is 0 Å². The van der Waals surface area contributed by atoms with Gasteiger partial charge < -0.3 is 10.1 Å². The molecule has 0 radical (unpaired) electrons. The summed E-state index contributed by atoms with van der Waals surface area (Å²) in [5.41, 5.74) is 0.853. The topological polar surface area (TPSA) is 93.5 Å². The predicted molar refractivity (Wildman–Crippen MR) is 114 cm³/mol. The molecule has 0 fully saturated rings. The van der Waals surface area contributed by atoms with Gasteiger partial charge in [0, 0.05) is 17.3 Å². The standard InChI is InChI=1S/C21H16FN3O4S/c22-18-11-8-16(12-19(18)25(27)28)23-21(30)24-20(26)15-6-9-17(10-7-15)29-13-14-4-2-1-3-5-14/h1-12H,13H2,(H2,23,24,26,30). The van der Waals surface area contributed by atoms with Crippen molar-refractivity contribution >= 4 is 34.6 Å². The monoisotopic (exact) mass is 425 g/mol. The Balaban J connectivity index is 1.55. The SMILES string of the molecule is O=C(NC(=S)Nc1ccc(F)c([N+](=O)[O-])c1)c1ccc(OCc2ccccc2)cc1. The Bertz CT molecular complexity index is 1080. The average Bonchev–Trinajstić information content (AvgIpc) is 2.74. The predicted octanol–water partition coefficient (Wildman–Crippen LogP) is 4.44. The Morgan fingerprint density at radius 2 is 1.77 bits per heavy atom. The van der Waals surface area contributed by atoms with Crippen molar-refractivity contribution in [3.05, 3.63) is 99.9 Å². The van der Waals surface area contributed by atoms with E-state index in [0.717, 1.165) is 17.7 Å². The highest BCUT2D eigenvalue weighted by Crippen LogP contribution is 2.21. The summed E-state index contributed by atoms with van der Waals surface area (Å²) in [6, 6.07) is 19.4. The first-order valence-electron chi connectivity index (χ1n) is 8.75. The molecule has 0 atom stereocenters. The summed E-state index contributed by atoms with van der Waals surface area (Å²) in [4.78, 5) is 22.3. The number of nitro groups is 1. The summed E-state index contributed by atoms with van der Waals surface area (Å²) in [6.07, 6.45) is 0. The molecule has 0 aliphatic rings. The van der Waals surface area contributed by atoms with Gasteiger partial charge in [0.15, 0.2) is 5.11 Å². The minimum atomic E-state index is -0.963. The molecule has 1 amide bonds. The molecule has 9 heteroatoms. The van der Waals surface area contributed by atoms with Crippen LogP contribution in [0.4, 0.5) is 15.8 Å². The van der Waals surface area contributed by atoms with E-state index >= 15 is 0 Å². The third-order valence-electron chi connectivity index (χ3n) is 3.99. The number of rotatable bonds is 6. The van der Waals surface area contributed by atoms with Crippen molar-refractivity contribution in [3.8, 4) is 5.75 Å². The highest BCUT2D eigenvalue weighted by molar-refractivity contribution is 7.80. The van der Waals surface area contributed by atoms with Crippen LogP contribution < -0.4 is 15.4 Å². The number of ether oxygens (including phenoxy) is 1. The van der Waals surface area contributed by atoms with Crippen molar-refractivity contribution in [1.82, 2.24) is 5.32 Å². The van der Waals surface area contributed by atoms with Crippen LogP contribution in [0.2, 0.25) is 0 Å². The maximum atomic E-state index is 13.4. The van der Waals surface area contributed by atoms with E-state index in [9.17, 15) is 19.3 Å². The van der Waals surface area contributed by atoms with E-state index in [2.05, 4.69) is 10.6 Å². The van der Waals surface area contributed by atoms with Crippen molar-refractivity contribution in [2.45, 2.75) is 6.61 Å². The van der Waals surface area contributed by atoms with Crippen molar-refractivity contribution in [3.63, 3.8) is 0 Å². The molecule has 0 saturated heterocycles. The average molecular weight is 425 g/mol. The summed E-state index contributed by atoms with van der Waals surface area (Å²) < 4.78 is 19.1. The summed E-state index contributed by atoms with van der Waals surface area (Å²) >= 11 is 5.04. The Kier molecular flexibility index (Phi) is 6.66.